The molecule has 0 bridgehead atoms. The van der Waals surface area contributed by atoms with Gasteiger partial charge in [-0.15, -0.1) is 12.4 Å². The van der Waals surface area contributed by atoms with Crippen molar-refractivity contribution in [1.29, 1.82) is 0 Å². The summed E-state index contributed by atoms with van der Waals surface area (Å²) in [7, 11) is 0. The van der Waals surface area contributed by atoms with Gasteiger partial charge in [-0.3, -0.25) is 4.79 Å². The van der Waals surface area contributed by atoms with E-state index in [0.29, 0.717) is 17.9 Å². The Morgan fingerprint density at radius 3 is 2.46 bits per heavy atom. The minimum absolute atomic E-state index is 0. The van der Waals surface area contributed by atoms with Gasteiger partial charge in [-0.25, -0.2) is 0 Å². The number of hydrogen-bond acceptors (Lipinski definition) is 3. The Morgan fingerprint density at radius 1 is 1.04 bits per heavy atom. The predicted octanol–water partition coefficient (Wildman–Crippen LogP) is 3.17. The number of benzene rings is 2. The zero-order valence-electron chi connectivity index (χ0n) is 13.5. The third-order valence-corrected chi connectivity index (χ3v) is 4.04. The normalized spacial score (nSPS) is 14.5. The van der Waals surface area contributed by atoms with Crippen molar-refractivity contribution < 1.29 is 9.53 Å². The lowest BCUT2D eigenvalue weighted by molar-refractivity contribution is 0.0925. The molecule has 2 N–H and O–H groups in total. The summed E-state index contributed by atoms with van der Waals surface area (Å²) in [5, 5.41) is 6.42. The first-order valence-electron chi connectivity index (χ1n) is 8.10. The van der Waals surface area contributed by atoms with Crippen LogP contribution < -0.4 is 15.4 Å². The van der Waals surface area contributed by atoms with E-state index < -0.39 is 0 Å². The van der Waals surface area contributed by atoms with E-state index in [-0.39, 0.29) is 24.4 Å². The van der Waals surface area contributed by atoms with Gasteiger partial charge in [0, 0.05) is 6.04 Å². The number of halogens is 1. The van der Waals surface area contributed by atoms with Crippen LogP contribution in [0.3, 0.4) is 0 Å². The molecule has 0 saturated carbocycles. The Balaban J connectivity index is 0.00000208. The molecule has 1 heterocycles. The highest BCUT2D eigenvalue weighted by molar-refractivity contribution is 5.97. The van der Waals surface area contributed by atoms with Crippen LogP contribution in [0, 0.1) is 0 Å². The van der Waals surface area contributed by atoms with Crippen molar-refractivity contribution in [3.05, 3.63) is 65.7 Å². The molecule has 1 aliphatic heterocycles. The van der Waals surface area contributed by atoms with Crippen LogP contribution in [0.5, 0.6) is 5.75 Å². The molecule has 1 saturated heterocycles. The molecule has 24 heavy (non-hydrogen) atoms. The minimum atomic E-state index is -0.0550. The van der Waals surface area contributed by atoms with Gasteiger partial charge in [-0.05, 0) is 43.6 Å². The van der Waals surface area contributed by atoms with Crippen molar-refractivity contribution in [2.75, 3.05) is 13.1 Å². The van der Waals surface area contributed by atoms with Gasteiger partial charge < -0.3 is 15.4 Å². The second kappa shape index (κ2) is 9.30. The highest BCUT2D eigenvalue weighted by Crippen LogP contribution is 2.20. The molecule has 0 aromatic heterocycles. The molecule has 4 nitrogen and oxygen atoms in total. The molecule has 0 spiro atoms. The predicted molar refractivity (Wildman–Crippen MR) is 97.8 cm³/mol. The van der Waals surface area contributed by atoms with E-state index in [9.17, 15) is 4.79 Å². The van der Waals surface area contributed by atoms with Crippen molar-refractivity contribution >= 4 is 18.3 Å². The van der Waals surface area contributed by atoms with Crippen LogP contribution in [0.1, 0.15) is 28.8 Å². The lowest BCUT2D eigenvalue weighted by Crippen LogP contribution is -2.42. The fraction of sp³-hybridized carbons (Fsp3) is 0.316. The molecule has 2 aromatic carbocycles. The van der Waals surface area contributed by atoms with Crippen LogP contribution in [0.4, 0.5) is 0 Å². The Labute approximate surface area is 149 Å². The number of carbonyl (C=O) groups excluding carboxylic acids is 1. The van der Waals surface area contributed by atoms with Gasteiger partial charge in [0.1, 0.15) is 12.4 Å². The summed E-state index contributed by atoms with van der Waals surface area (Å²) in [6.45, 7) is 2.37. The first kappa shape index (κ1) is 18.3. The van der Waals surface area contributed by atoms with E-state index in [0.717, 1.165) is 31.5 Å². The monoisotopic (exact) mass is 346 g/mol. The lowest BCUT2D eigenvalue weighted by atomic mass is 10.1. The average Bonchev–Trinajstić information content (AvgIpc) is 2.62. The summed E-state index contributed by atoms with van der Waals surface area (Å²) in [6, 6.07) is 17.6. The molecule has 3 rings (SSSR count). The van der Waals surface area contributed by atoms with E-state index in [1.807, 2.05) is 54.6 Å². The minimum Gasteiger partial charge on any atom is -0.488 e. The van der Waals surface area contributed by atoms with E-state index in [1.165, 1.54) is 0 Å². The van der Waals surface area contributed by atoms with Gasteiger partial charge in [0.05, 0.1) is 5.56 Å². The fourth-order valence-electron chi connectivity index (χ4n) is 2.74. The third kappa shape index (κ3) is 4.98. The highest BCUT2D eigenvalue weighted by Gasteiger charge is 2.18. The standard InChI is InChI=1S/C19H22N2O2.ClH/c22-19(21-16-10-12-20-13-11-16)17-8-4-5-9-18(17)23-14-15-6-2-1-3-7-15;/h1-9,16,20H,10-14H2,(H,21,22);1H. The van der Waals surface area contributed by atoms with E-state index in [4.69, 9.17) is 4.74 Å². The summed E-state index contributed by atoms with van der Waals surface area (Å²) in [5.74, 6) is 0.573. The number of para-hydroxylation sites is 1. The van der Waals surface area contributed by atoms with Gasteiger partial charge in [0.2, 0.25) is 0 Å². The molecule has 0 unspecified atom stereocenters. The Morgan fingerprint density at radius 2 is 1.71 bits per heavy atom. The molecule has 0 atom stereocenters. The topological polar surface area (TPSA) is 50.4 Å². The van der Waals surface area contributed by atoms with E-state index in [2.05, 4.69) is 10.6 Å². The SMILES string of the molecule is Cl.O=C(NC1CCNCC1)c1ccccc1OCc1ccccc1. The van der Waals surface area contributed by atoms with Crippen molar-refractivity contribution in [2.24, 2.45) is 0 Å². The smallest absolute Gasteiger partial charge is 0.255 e. The number of rotatable bonds is 5. The first-order chi connectivity index (χ1) is 11.3. The van der Waals surface area contributed by atoms with Crippen LogP contribution in [0.25, 0.3) is 0 Å². The largest absolute Gasteiger partial charge is 0.488 e. The maximum absolute atomic E-state index is 12.5. The second-order valence-electron chi connectivity index (χ2n) is 5.77. The van der Waals surface area contributed by atoms with Crippen molar-refractivity contribution in [3.8, 4) is 5.75 Å². The molecule has 1 fully saturated rings. The van der Waals surface area contributed by atoms with Crippen LogP contribution in [-0.2, 0) is 6.61 Å². The van der Waals surface area contributed by atoms with Crippen LogP contribution >= 0.6 is 12.4 Å². The van der Waals surface area contributed by atoms with Gasteiger partial charge in [0.25, 0.3) is 5.91 Å². The first-order valence-corrected chi connectivity index (χ1v) is 8.10. The highest BCUT2D eigenvalue weighted by atomic mass is 35.5. The van der Waals surface area contributed by atoms with Crippen LogP contribution in [-0.4, -0.2) is 25.0 Å². The molecule has 0 radical (unpaired) electrons. The van der Waals surface area contributed by atoms with E-state index >= 15 is 0 Å². The molecule has 1 amide bonds. The van der Waals surface area contributed by atoms with Gasteiger partial charge >= 0.3 is 0 Å². The molecular formula is C19H23ClN2O2. The number of carbonyl (C=O) groups is 1. The second-order valence-corrected chi connectivity index (χ2v) is 5.77. The summed E-state index contributed by atoms with van der Waals surface area (Å²) in [5.41, 5.74) is 1.68. The maximum atomic E-state index is 12.5. The lowest BCUT2D eigenvalue weighted by Gasteiger charge is -2.24. The number of piperidine rings is 1. The maximum Gasteiger partial charge on any atom is 0.255 e. The number of amides is 1. The molecule has 0 aliphatic carbocycles. The summed E-state index contributed by atoms with van der Waals surface area (Å²) in [4.78, 5) is 12.5. The van der Waals surface area contributed by atoms with Gasteiger partial charge in [-0.2, -0.15) is 0 Å². The van der Waals surface area contributed by atoms with Crippen molar-refractivity contribution in [3.63, 3.8) is 0 Å². The fourth-order valence-corrected chi connectivity index (χ4v) is 2.74. The summed E-state index contributed by atoms with van der Waals surface area (Å²) >= 11 is 0. The molecule has 2 aromatic rings. The zero-order valence-corrected chi connectivity index (χ0v) is 14.4. The number of ether oxygens (including phenoxy) is 1. The Hall–Kier alpha value is -2.04. The quantitative estimate of drug-likeness (QED) is 0.874. The Kier molecular flexibility index (Phi) is 7.09. The van der Waals surface area contributed by atoms with Crippen LogP contribution in [0.2, 0.25) is 0 Å². The third-order valence-electron chi connectivity index (χ3n) is 4.04. The Bertz CT molecular complexity index is 643. The summed E-state index contributed by atoms with van der Waals surface area (Å²) in [6.07, 6.45) is 1.94. The number of nitrogens with one attached hydrogen (secondary N) is 2. The molecule has 5 heteroatoms. The molecular weight excluding hydrogens is 324 g/mol. The zero-order chi connectivity index (χ0) is 15.9. The molecule has 1 aliphatic rings. The van der Waals surface area contributed by atoms with Gasteiger partial charge in [-0.1, -0.05) is 42.5 Å². The number of hydrogen-bond donors (Lipinski definition) is 2. The molecule has 128 valence electrons. The van der Waals surface area contributed by atoms with Crippen LogP contribution in [0.15, 0.2) is 54.6 Å². The van der Waals surface area contributed by atoms with E-state index in [1.54, 1.807) is 0 Å². The van der Waals surface area contributed by atoms with Crippen molar-refractivity contribution in [1.82, 2.24) is 10.6 Å². The van der Waals surface area contributed by atoms with Gasteiger partial charge in [0.15, 0.2) is 0 Å². The average molecular weight is 347 g/mol. The van der Waals surface area contributed by atoms with Crippen molar-refractivity contribution in [2.45, 2.75) is 25.5 Å². The summed E-state index contributed by atoms with van der Waals surface area (Å²) < 4.78 is 5.86.